The molecule has 1 aliphatic carbocycles. The van der Waals surface area contributed by atoms with Crippen molar-refractivity contribution < 1.29 is 4.79 Å². The van der Waals surface area contributed by atoms with Crippen LogP contribution in [0.1, 0.15) is 31.7 Å². The topological polar surface area (TPSA) is 47.6 Å². The number of benzene rings is 1. The van der Waals surface area contributed by atoms with Crippen LogP contribution < -0.4 is 10.6 Å². The molecule has 154 valence electrons. The van der Waals surface area contributed by atoms with Crippen molar-refractivity contribution in [1.29, 1.82) is 0 Å². The summed E-state index contributed by atoms with van der Waals surface area (Å²) in [5.74, 6) is 0. The van der Waals surface area contributed by atoms with Crippen LogP contribution in [0.4, 0.5) is 4.79 Å². The van der Waals surface area contributed by atoms with Crippen LogP contribution >= 0.6 is 23.2 Å². The number of urea groups is 1. The number of halogens is 2. The predicted octanol–water partition coefficient (Wildman–Crippen LogP) is 3.86. The lowest BCUT2D eigenvalue weighted by Crippen LogP contribution is -2.54. The Morgan fingerprint density at radius 1 is 1.29 bits per heavy atom. The molecule has 1 saturated heterocycles. The fourth-order valence-corrected chi connectivity index (χ4v) is 4.73. The maximum atomic E-state index is 12.0. The number of hydrogen-bond donors (Lipinski definition) is 2. The number of carbonyl (C=O) groups excluding carboxylic acids is 1. The first-order valence-electron chi connectivity index (χ1n) is 9.91. The second-order valence-electron chi connectivity index (χ2n) is 7.96. The molecule has 2 unspecified atom stereocenters. The van der Waals surface area contributed by atoms with E-state index in [9.17, 15) is 4.79 Å². The lowest BCUT2D eigenvalue weighted by molar-refractivity contribution is 0.111. The van der Waals surface area contributed by atoms with Crippen molar-refractivity contribution in [3.8, 4) is 0 Å². The number of nitrogens with one attached hydrogen (secondary N) is 2. The minimum absolute atomic E-state index is 0.0374. The van der Waals surface area contributed by atoms with Crippen molar-refractivity contribution >= 4 is 29.2 Å². The molecule has 0 saturated carbocycles. The first kappa shape index (κ1) is 21.4. The van der Waals surface area contributed by atoms with E-state index >= 15 is 0 Å². The van der Waals surface area contributed by atoms with Crippen molar-refractivity contribution in [3.05, 3.63) is 45.5 Å². The monoisotopic (exact) mass is 424 g/mol. The average Bonchev–Trinajstić information content (AvgIpc) is 2.70. The molecule has 1 aromatic rings. The normalized spacial score (nSPS) is 22.9. The molecule has 0 spiro atoms. The molecular formula is C21H30Cl2N4O. The maximum absolute atomic E-state index is 12.0. The van der Waals surface area contributed by atoms with Gasteiger partial charge >= 0.3 is 6.03 Å². The van der Waals surface area contributed by atoms with Gasteiger partial charge in [0.15, 0.2) is 0 Å². The minimum atomic E-state index is -0.305. The Labute approximate surface area is 178 Å². The standard InChI is InChI=1S/C21H30Cl2N4O/c1-21(27-13-11-24-12-14-27,17-5-4-6-18(22)19(17)23)15-7-9-16(10-8-15)25-20(28)26(2)3/h4-7,16,24H,8-14H2,1-3H3,(H,25,28). The molecule has 1 aliphatic heterocycles. The highest BCUT2D eigenvalue weighted by molar-refractivity contribution is 6.42. The second kappa shape index (κ2) is 9.04. The average molecular weight is 425 g/mol. The summed E-state index contributed by atoms with van der Waals surface area (Å²) in [6.45, 7) is 6.10. The third kappa shape index (κ3) is 4.33. The van der Waals surface area contributed by atoms with Gasteiger partial charge < -0.3 is 15.5 Å². The Kier molecular flexibility index (Phi) is 6.92. The number of piperazine rings is 1. The van der Waals surface area contributed by atoms with Crippen molar-refractivity contribution in [1.82, 2.24) is 20.4 Å². The van der Waals surface area contributed by atoms with Crippen LogP contribution in [0, 0.1) is 0 Å². The first-order valence-corrected chi connectivity index (χ1v) is 10.7. The predicted molar refractivity (Wildman–Crippen MR) is 116 cm³/mol. The van der Waals surface area contributed by atoms with Gasteiger partial charge in [0.2, 0.25) is 0 Å². The molecule has 3 rings (SSSR count). The zero-order valence-corrected chi connectivity index (χ0v) is 18.4. The van der Waals surface area contributed by atoms with E-state index in [0.29, 0.717) is 10.0 Å². The molecular weight excluding hydrogens is 395 g/mol. The van der Waals surface area contributed by atoms with Crippen LogP contribution in [0.5, 0.6) is 0 Å². The second-order valence-corrected chi connectivity index (χ2v) is 8.74. The van der Waals surface area contributed by atoms with E-state index < -0.39 is 0 Å². The van der Waals surface area contributed by atoms with Crippen molar-refractivity contribution in [3.63, 3.8) is 0 Å². The number of amides is 2. The van der Waals surface area contributed by atoms with Gasteiger partial charge in [-0.3, -0.25) is 4.90 Å². The molecule has 2 N–H and O–H groups in total. The van der Waals surface area contributed by atoms with Crippen LogP contribution in [0.15, 0.2) is 29.8 Å². The van der Waals surface area contributed by atoms with Gasteiger partial charge in [0.05, 0.1) is 15.6 Å². The summed E-state index contributed by atoms with van der Waals surface area (Å²) >= 11 is 13.1. The van der Waals surface area contributed by atoms with Gasteiger partial charge in [-0.25, -0.2) is 4.79 Å². The number of rotatable bonds is 4. The lowest BCUT2D eigenvalue weighted by atomic mass is 9.76. The molecule has 2 amide bonds. The third-order valence-corrected chi connectivity index (χ3v) is 6.81. The summed E-state index contributed by atoms with van der Waals surface area (Å²) in [4.78, 5) is 16.1. The first-order chi connectivity index (χ1) is 13.3. The van der Waals surface area contributed by atoms with Gasteiger partial charge in [0.1, 0.15) is 0 Å². The van der Waals surface area contributed by atoms with E-state index in [-0.39, 0.29) is 17.6 Å². The molecule has 1 aromatic carbocycles. The summed E-state index contributed by atoms with van der Waals surface area (Å²) < 4.78 is 0. The quantitative estimate of drug-likeness (QED) is 0.721. The van der Waals surface area contributed by atoms with E-state index in [0.717, 1.165) is 51.0 Å². The lowest BCUT2D eigenvalue weighted by Gasteiger charge is -2.47. The van der Waals surface area contributed by atoms with Gasteiger partial charge in [-0.2, -0.15) is 0 Å². The summed E-state index contributed by atoms with van der Waals surface area (Å²) in [5.41, 5.74) is 2.11. The van der Waals surface area contributed by atoms with Crippen molar-refractivity contribution in [2.24, 2.45) is 0 Å². The van der Waals surface area contributed by atoms with Gasteiger partial charge in [0, 0.05) is 46.3 Å². The number of hydrogen-bond acceptors (Lipinski definition) is 3. The fraction of sp³-hybridized carbons (Fsp3) is 0.571. The fourth-order valence-electron chi connectivity index (χ4n) is 4.25. The highest BCUT2D eigenvalue weighted by atomic mass is 35.5. The van der Waals surface area contributed by atoms with Crippen LogP contribution in [-0.2, 0) is 5.54 Å². The number of nitrogens with zero attached hydrogens (tertiary/aromatic N) is 2. The zero-order valence-electron chi connectivity index (χ0n) is 16.9. The van der Waals surface area contributed by atoms with Gasteiger partial charge in [0.25, 0.3) is 0 Å². The zero-order chi connectivity index (χ0) is 20.3. The molecule has 28 heavy (non-hydrogen) atoms. The third-order valence-electron chi connectivity index (χ3n) is 6.00. The number of carbonyl (C=O) groups is 1. The largest absolute Gasteiger partial charge is 0.335 e. The molecule has 7 heteroatoms. The Hall–Kier alpha value is -1.27. The summed E-state index contributed by atoms with van der Waals surface area (Å²) in [7, 11) is 3.53. The summed E-state index contributed by atoms with van der Waals surface area (Å²) in [6.07, 6.45) is 4.96. The molecule has 2 aliphatic rings. The van der Waals surface area contributed by atoms with Gasteiger partial charge in [-0.15, -0.1) is 0 Å². The Bertz CT molecular complexity index is 746. The van der Waals surface area contributed by atoms with Crippen molar-refractivity contribution in [2.75, 3.05) is 40.3 Å². The van der Waals surface area contributed by atoms with E-state index in [2.05, 4.69) is 34.6 Å². The summed E-state index contributed by atoms with van der Waals surface area (Å²) in [5, 5.41) is 7.76. The molecule has 1 heterocycles. The van der Waals surface area contributed by atoms with Crippen LogP contribution in [0.25, 0.3) is 0 Å². The molecule has 2 atom stereocenters. The highest BCUT2D eigenvalue weighted by Gasteiger charge is 2.40. The molecule has 0 aromatic heterocycles. The highest BCUT2D eigenvalue weighted by Crippen LogP contribution is 2.44. The Balaban J connectivity index is 1.91. The van der Waals surface area contributed by atoms with Gasteiger partial charge in [-0.05, 0) is 43.4 Å². The Morgan fingerprint density at radius 3 is 2.61 bits per heavy atom. The van der Waals surface area contributed by atoms with Crippen LogP contribution in [-0.4, -0.2) is 62.1 Å². The van der Waals surface area contributed by atoms with E-state index in [1.807, 2.05) is 12.1 Å². The molecule has 0 radical (unpaired) electrons. The minimum Gasteiger partial charge on any atom is -0.335 e. The van der Waals surface area contributed by atoms with E-state index in [4.69, 9.17) is 23.2 Å². The SMILES string of the molecule is CN(C)C(=O)NC1CC=C(C(C)(c2cccc(Cl)c2Cl)N2CCNCC2)CC1. The molecule has 1 fully saturated rings. The summed E-state index contributed by atoms with van der Waals surface area (Å²) in [6, 6.07) is 6.04. The van der Waals surface area contributed by atoms with E-state index in [1.165, 1.54) is 5.57 Å². The van der Waals surface area contributed by atoms with E-state index in [1.54, 1.807) is 19.0 Å². The Morgan fingerprint density at radius 2 is 2.00 bits per heavy atom. The van der Waals surface area contributed by atoms with Crippen LogP contribution in [0.3, 0.4) is 0 Å². The van der Waals surface area contributed by atoms with Crippen molar-refractivity contribution in [2.45, 2.75) is 37.8 Å². The van der Waals surface area contributed by atoms with Gasteiger partial charge in [-0.1, -0.05) is 41.4 Å². The van der Waals surface area contributed by atoms with Crippen LogP contribution in [0.2, 0.25) is 10.0 Å². The molecule has 0 bridgehead atoms. The smallest absolute Gasteiger partial charge is 0.317 e. The molecule has 5 nitrogen and oxygen atoms in total. The maximum Gasteiger partial charge on any atom is 0.317 e.